The van der Waals surface area contributed by atoms with Gasteiger partial charge in [0.25, 0.3) is 0 Å². The molecule has 0 amide bonds. The number of nitrogen functional groups attached to an aromatic ring is 1. The molecule has 0 radical (unpaired) electrons. The summed E-state index contributed by atoms with van der Waals surface area (Å²) in [4.78, 5) is 15.5. The Morgan fingerprint density at radius 3 is 3.00 bits per heavy atom. The van der Waals surface area contributed by atoms with Crippen LogP contribution >= 0.6 is 0 Å². The maximum absolute atomic E-state index is 5.62. The van der Waals surface area contributed by atoms with Gasteiger partial charge in [0.05, 0.1) is 18.1 Å². The number of anilines is 1. The van der Waals surface area contributed by atoms with Crippen LogP contribution in [0.25, 0.3) is 22.3 Å². The van der Waals surface area contributed by atoms with Crippen LogP contribution in [-0.2, 0) is 0 Å². The predicted molar refractivity (Wildman–Crippen MR) is 61.5 cm³/mol. The molecule has 0 aliphatic rings. The van der Waals surface area contributed by atoms with Gasteiger partial charge in [-0.2, -0.15) is 0 Å². The minimum atomic E-state index is 0.415. The van der Waals surface area contributed by atoms with E-state index in [0.717, 1.165) is 22.3 Å². The van der Waals surface area contributed by atoms with Crippen molar-refractivity contribution in [1.29, 1.82) is 0 Å². The van der Waals surface area contributed by atoms with E-state index < -0.39 is 0 Å². The largest absolute Gasteiger partial charge is 0.382 e. The Kier molecular flexibility index (Phi) is 1.83. The molecule has 0 atom stereocenters. The fraction of sp³-hybridized carbons (Fsp3) is 0. The number of aromatic nitrogens is 4. The first-order chi connectivity index (χ1) is 7.84. The second-order valence-corrected chi connectivity index (χ2v) is 3.43. The van der Waals surface area contributed by atoms with Crippen LogP contribution in [0.2, 0.25) is 0 Å². The maximum Gasteiger partial charge on any atom is 0.142 e. The first-order valence-electron chi connectivity index (χ1n) is 4.84. The van der Waals surface area contributed by atoms with Gasteiger partial charge in [-0.1, -0.05) is 0 Å². The minimum absolute atomic E-state index is 0.415. The number of hydrogen-bond donors (Lipinski definition) is 2. The number of H-pyrrole nitrogens is 1. The summed E-state index contributed by atoms with van der Waals surface area (Å²) in [7, 11) is 0. The zero-order valence-corrected chi connectivity index (χ0v) is 8.38. The lowest BCUT2D eigenvalue weighted by Crippen LogP contribution is -1.94. The third-order valence-electron chi connectivity index (χ3n) is 2.39. The molecule has 0 spiro atoms. The molecule has 3 rings (SSSR count). The summed E-state index contributed by atoms with van der Waals surface area (Å²) in [5.74, 6) is 0.415. The van der Waals surface area contributed by atoms with E-state index in [0.29, 0.717) is 5.82 Å². The molecule has 3 aromatic heterocycles. The van der Waals surface area contributed by atoms with Crippen molar-refractivity contribution in [3.63, 3.8) is 0 Å². The Morgan fingerprint density at radius 2 is 2.12 bits per heavy atom. The van der Waals surface area contributed by atoms with Crippen LogP contribution in [0.5, 0.6) is 0 Å². The molecular weight excluding hydrogens is 202 g/mol. The number of fused-ring (bicyclic) bond motifs is 1. The summed E-state index contributed by atoms with van der Waals surface area (Å²) >= 11 is 0. The smallest absolute Gasteiger partial charge is 0.142 e. The Hall–Kier alpha value is -2.43. The van der Waals surface area contributed by atoms with Gasteiger partial charge in [-0.05, 0) is 12.1 Å². The highest BCUT2D eigenvalue weighted by molar-refractivity contribution is 5.91. The van der Waals surface area contributed by atoms with Crippen molar-refractivity contribution in [2.45, 2.75) is 0 Å². The van der Waals surface area contributed by atoms with E-state index in [1.54, 1.807) is 12.4 Å². The molecule has 0 fully saturated rings. The summed E-state index contributed by atoms with van der Waals surface area (Å²) < 4.78 is 0. The third kappa shape index (κ3) is 1.30. The summed E-state index contributed by atoms with van der Waals surface area (Å²) in [5, 5.41) is 1.02. The Morgan fingerprint density at radius 1 is 1.19 bits per heavy atom. The monoisotopic (exact) mass is 211 g/mol. The molecule has 3 heterocycles. The van der Waals surface area contributed by atoms with Crippen molar-refractivity contribution in [2.75, 3.05) is 5.73 Å². The van der Waals surface area contributed by atoms with E-state index in [1.807, 2.05) is 18.3 Å². The van der Waals surface area contributed by atoms with Crippen LogP contribution in [0.1, 0.15) is 0 Å². The van der Waals surface area contributed by atoms with Crippen LogP contribution in [0.3, 0.4) is 0 Å². The van der Waals surface area contributed by atoms with Crippen LogP contribution in [-0.4, -0.2) is 19.9 Å². The van der Waals surface area contributed by atoms with Crippen LogP contribution < -0.4 is 5.73 Å². The normalized spacial score (nSPS) is 10.8. The van der Waals surface area contributed by atoms with Gasteiger partial charge in [-0.15, -0.1) is 0 Å². The fourth-order valence-electron chi connectivity index (χ4n) is 1.70. The second-order valence-electron chi connectivity index (χ2n) is 3.43. The number of nitrogens with two attached hydrogens (primary N) is 1. The molecule has 0 aliphatic carbocycles. The Balaban J connectivity index is 2.29. The third-order valence-corrected chi connectivity index (χ3v) is 2.39. The Bertz CT molecular complexity index is 643. The van der Waals surface area contributed by atoms with Crippen molar-refractivity contribution >= 4 is 16.9 Å². The van der Waals surface area contributed by atoms with Crippen molar-refractivity contribution in [3.05, 3.63) is 36.9 Å². The molecule has 0 saturated heterocycles. The van der Waals surface area contributed by atoms with Crippen molar-refractivity contribution in [1.82, 2.24) is 19.9 Å². The van der Waals surface area contributed by atoms with Gasteiger partial charge in [0.15, 0.2) is 0 Å². The molecule has 0 aromatic carbocycles. The number of aromatic amines is 1. The Labute approximate surface area is 91.4 Å². The minimum Gasteiger partial charge on any atom is -0.382 e. The van der Waals surface area contributed by atoms with E-state index in [1.165, 1.54) is 6.20 Å². The van der Waals surface area contributed by atoms with Gasteiger partial charge in [0, 0.05) is 23.3 Å². The molecular formula is C11H9N5. The summed E-state index contributed by atoms with van der Waals surface area (Å²) in [6.45, 7) is 0. The molecule has 5 nitrogen and oxygen atoms in total. The van der Waals surface area contributed by atoms with Crippen molar-refractivity contribution in [2.24, 2.45) is 0 Å². The topological polar surface area (TPSA) is 80.5 Å². The van der Waals surface area contributed by atoms with E-state index >= 15 is 0 Å². The van der Waals surface area contributed by atoms with E-state index in [-0.39, 0.29) is 0 Å². The summed E-state index contributed by atoms with van der Waals surface area (Å²) in [5.41, 5.74) is 8.19. The average molecular weight is 211 g/mol. The highest BCUT2D eigenvalue weighted by Crippen LogP contribution is 2.24. The summed E-state index contributed by atoms with van der Waals surface area (Å²) in [6.07, 6.45) is 6.80. The van der Waals surface area contributed by atoms with Gasteiger partial charge < -0.3 is 10.7 Å². The van der Waals surface area contributed by atoms with Crippen molar-refractivity contribution in [3.8, 4) is 11.3 Å². The van der Waals surface area contributed by atoms with Gasteiger partial charge in [0.2, 0.25) is 0 Å². The van der Waals surface area contributed by atoms with E-state index in [4.69, 9.17) is 5.73 Å². The SMILES string of the molecule is Nc1cncc(-c2ccnc3[nH]ccc23)n1. The lowest BCUT2D eigenvalue weighted by atomic mass is 10.1. The lowest BCUT2D eigenvalue weighted by Gasteiger charge is -2.02. The van der Waals surface area contributed by atoms with Crippen LogP contribution in [0.15, 0.2) is 36.9 Å². The second kappa shape index (κ2) is 3.30. The molecule has 5 heteroatoms. The van der Waals surface area contributed by atoms with Crippen LogP contribution in [0.4, 0.5) is 5.82 Å². The zero-order valence-electron chi connectivity index (χ0n) is 8.38. The number of pyridine rings is 1. The van der Waals surface area contributed by atoms with Gasteiger partial charge >= 0.3 is 0 Å². The molecule has 0 saturated carbocycles. The predicted octanol–water partition coefficient (Wildman–Crippen LogP) is 1.60. The molecule has 0 aliphatic heterocycles. The zero-order chi connectivity index (χ0) is 11.0. The van der Waals surface area contributed by atoms with E-state index in [9.17, 15) is 0 Å². The van der Waals surface area contributed by atoms with Gasteiger partial charge in [-0.3, -0.25) is 4.98 Å². The first-order valence-corrected chi connectivity index (χ1v) is 4.84. The number of nitrogens with zero attached hydrogens (tertiary/aromatic N) is 3. The first kappa shape index (κ1) is 8.84. The standard InChI is InChI=1S/C11H9N5/c12-10-6-13-5-9(16-10)7-1-3-14-11-8(7)2-4-15-11/h1-6H,(H2,12,16)(H,14,15). The lowest BCUT2D eigenvalue weighted by molar-refractivity contribution is 1.21. The summed E-state index contributed by atoms with van der Waals surface area (Å²) in [6, 6.07) is 3.86. The highest BCUT2D eigenvalue weighted by atomic mass is 14.9. The highest BCUT2D eigenvalue weighted by Gasteiger charge is 2.06. The number of rotatable bonds is 1. The molecule has 3 N–H and O–H groups in total. The fourth-order valence-corrected chi connectivity index (χ4v) is 1.70. The molecule has 16 heavy (non-hydrogen) atoms. The molecule has 3 aromatic rings. The molecule has 0 unspecified atom stereocenters. The average Bonchev–Trinajstić information content (AvgIpc) is 2.76. The van der Waals surface area contributed by atoms with Crippen molar-refractivity contribution < 1.29 is 0 Å². The maximum atomic E-state index is 5.62. The molecule has 78 valence electrons. The molecule has 0 bridgehead atoms. The van der Waals surface area contributed by atoms with Gasteiger partial charge in [-0.25, -0.2) is 9.97 Å². The van der Waals surface area contributed by atoms with Crippen LogP contribution in [0, 0.1) is 0 Å². The van der Waals surface area contributed by atoms with E-state index in [2.05, 4.69) is 19.9 Å². The number of hydrogen-bond acceptors (Lipinski definition) is 4. The van der Waals surface area contributed by atoms with Gasteiger partial charge in [0.1, 0.15) is 11.5 Å². The quantitative estimate of drug-likeness (QED) is 0.640. The number of nitrogens with one attached hydrogen (secondary N) is 1.